The van der Waals surface area contributed by atoms with Crippen LogP contribution in [0, 0.1) is 13.8 Å². The standard InChI is InChI=1S/C15H18OS/c1-11-4-3-5-13(8-11)6-7-15(16)14-9-12(2)17-10-14/h3-5,8-10,15-16H,6-7H2,1-2H3. The minimum absolute atomic E-state index is 0.333. The molecular weight excluding hydrogens is 228 g/mol. The van der Waals surface area contributed by atoms with Crippen LogP contribution < -0.4 is 0 Å². The molecule has 0 saturated carbocycles. The molecule has 1 atom stereocenters. The first-order valence-corrected chi connectivity index (χ1v) is 6.82. The lowest BCUT2D eigenvalue weighted by Crippen LogP contribution is -1.98. The molecule has 0 bridgehead atoms. The summed E-state index contributed by atoms with van der Waals surface area (Å²) < 4.78 is 0. The van der Waals surface area contributed by atoms with E-state index in [4.69, 9.17) is 0 Å². The first-order chi connectivity index (χ1) is 8.15. The van der Waals surface area contributed by atoms with Gasteiger partial charge in [0, 0.05) is 4.88 Å². The van der Waals surface area contributed by atoms with Gasteiger partial charge in [0.25, 0.3) is 0 Å². The molecule has 2 aromatic rings. The smallest absolute Gasteiger partial charge is 0.0801 e. The summed E-state index contributed by atoms with van der Waals surface area (Å²) >= 11 is 1.70. The second kappa shape index (κ2) is 5.48. The molecule has 17 heavy (non-hydrogen) atoms. The van der Waals surface area contributed by atoms with Gasteiger partial charge in [-0.25, -0.2) is 0 Å². The molecule has 0 aliphatic rings. The zero-order valence-corrected chi connectivity index (χ0v) is 11.1. The second-order valence-electron chi connectivity index (χ2n) is 4.53. The van der Waals surface area contributed by atoms with Gasteiger partial charge in [-0.15, -0.1) is 11.3 Å². The molecule has 90 valence electrons. The van der Waals surface area contributed by atoms with Crippen molar-refractivity contribution in [1.82, 2.24) is 0 Å². The summed E-state index contributed by atoms with van der Waals surface area (Å²) in [4.78, 5) is 1.26. The van der Waals surface area contributed by atoms with Crippen molar-refractivity contribution in [2.45, 2.75) is 32.8 Å². The van der Waals surface area contributed by atoms with E-state index in [-0.39, 0.29) is 6.10 Å². The van der Waals surface area contributed by atoms with Gasteiger partial charge in [-0.1, -0.05) is 29.8 Å². The van der Waals surface area contributed by atoms with E-state index in [9.17, 15) is 5.11 Å². The van der Waals surface area contributed by atoms with E-state index in [0.29, 0.717) is 0 Å². The largest absolute Gasteiger partial charge is 0.388 e. The average Bonchev–Trinajstić information content (AvgIpc) is 2.73. The van der Waals surface area contributed by atoms with E-state index in [2.05, 4.69) is 49.6 Å². The van der Waals surface area contributed by atoms with Crippen LogP contribution in [0.2, 0.25) is 0 Å². The zero-order chi connectivity index (χ0) is 12.3. The topological polar surface area (TPSA) is 20.2 Å². The lowest BCUT2D eigenvalue weighted by molar-refractivity contribution is 0.168. The molecule has 1 heterocycles. The molecule has 0 aliphatic heterocycles. The number of hydrogen-bond donors (Lipinski definition) is 1. The van der Waals surface area contributed by atoms with Crippen LogP contribution in [0.15, 0.2) is 35.7 Å². The highest BCUT2D eigenvalue weighted by Crippen LogP contribution is 2.24. The average molecular weight is 246 g/mol. The molecule has 0 spiro atoms. The first-order valence-electron chi connectivity index (χ1n) is 5.94. The Hall–Kier alpha value is -1.12. The van der Waals surface area contributed by atoms with Crippen molar-refractivity contribution in [3.05, 3.63) is 57.3 Å². The highest BCUT2D eigenvalue weighted by atomic mass is 32.1. The normalized spacial score (nSPS) is 12.6. The number of rotatable bonds is 4. The van der Waals surface area contributed by atoms with Crippen LogP contribution in [0.3, 0.4) is 0 Å². The van der Waals surface area contributed by atoms with E-state index in [1.165, 1.54) is 16.0 Å². The molecule has 0 amide bonds. The number of aliphatic hydroxyl groups excluding tert-OH is 1. The molecule has 0 radical (unpaired) electrons. The maximum absolute atomic E-state index is 10.1. The van der Waals surface area contributed by atoms with Crippen LogP contribution in [-0.4, -0.2) is 5.11 Å². The van der Waals surface area contributed by atoms with Crippen molar-refractivity contribution in [3.63, 3.8) is 0 Å². The van der Waals surface area contributed by atoms with E-state index in [1.807, 2.05) is 0 Å². The minimum Gasteiger partial charge on any atom is -0.388 e. The van der Waals surface area contributed by atoms with E-state index < -0.39 is 0 Å². The highest BCUT2D eigenvalue weighted by molar-refractivity contribution is 7.10. The van der Waals surface area contributed by atoms with Crippen molar-refractivity contribution in [3.8, 4) is 0 Å². The second-order valence-corrected chi connectivity index (χ2v) is 5.65. The van der Waals surface area contributed by atoms with Crippen molar-refractivity contribution in [2.24, 2.45) is 0 Å². The summed E-state index contributed by atoms with van der Waals surface area (Å²) in [6.45, 7) is 4.17. The highest BCUT2D eigenvalue weighted by Gasteiger charge is 2.09. The molecule has 0 saturated heterocycles. The molecule has 1 unspecified atom stereocenters. The predicted octanol–water partition coefficient (Wildman–Crippen LogP) is 4.03. The first kappa shape index (κ1) is 12.3. The van der Waals surface area contributed by atoms with Gasteiger partial charge in [0.1, 0.15) is 0 Å². The van der Waals surface area contributed by atoms with Crippen LogP contribution in [0.5, 0.6) is 0 Å². The van der Waals surface area contributed by atoms with Gasteiger partial charge in [-0.05, 0) is 49.3 Å². The monoisotopic (exact) mass is 246 g/mol. The van der Waals surface area contributed by atoms with Crippen molar-refractivity contribution in [1.29, 1.82) is 0 Å². The van der Waals surface area contributed by atoms with Gasteiger partial charge < -0.3 is 5.11 Å². The van der Waals surface area contributed by atoms with Gasteiger partial charge in [0.05, 0.1) is 6.10 Å². The van der Waals surface area contributed by atoms with Gasteiger partial charge in [0.2, 0.25) is 0 Å². The molecule has 1 aromatic carbocycles. The Morgan fingerprint density at radius 1 is 1.24 bits per heavy atom. The maximum Gasteiger partial charge on any atom is 0.0801 e. The maximum atomic E-state index is 10.1. The van der Waals surface area contributed by atoms with E-state index in [0.717, 1.165) is 18.4 Å². The summed E-state index contributed by atoms with van der Waals surface area (Å²) in [7, 11) is 0. The Labute approximate surface area is 107 Å². The van der Waals surface area contributed by atoms with Gasteiger partial charge in [-0.3, -0.25) is 0 Å². The Balaban J connectivity index is 1.94. The Morgan fingerprint density at radius 2 is 2.06 bits per heavy atom. The number of thiophene rings is 1. The van der Waals surface area contributed by atoms with Gasteiger partial charge in [0.15, 0.2) is 0 Å². The van der Waals surface area contributed by atoms with Crippen LogP contribution >= 0.6 is 11.3 Å². The molecule has 2 rings (SSSR count). The molecule has 0 aliphatic carbocycles. The molecule has 0 fully saturated rings. The molecule has 1 N–H and O–H groups in total. The lowest BCUT2D eigenvalue weighted by Gasteiger charge is -2.09. The van der Waals surface area contributed by atoms with Crippen molar-refractivity contribution in [2.75, 3.05) is 0 Å². The lowest BCUT2D eigenvalue weighted by atomic mass is 10.0. The van der Waals surface area contributed by atoms with Crippen LogP contribution in [0.4, 0.5) is 0 Å². The van der Waals surface area contributed by atoms with Crippen molar-refractivity contribution < 1.29 is 5.11 Å². The quantitative estimate of drug-likeness (QED) is 0.863. The number of aliphatic hydroxyl groups is 1. The number of benzene rings is 1. The Morgan fingerprint density at radius 3 is 2.71 bits per heavy atom. The zero-order valence-electron chi connectivity index (χ0n) is 10.3. The molecule has 1 aromatic heterocycles. The summed E-state index contributed by atoms with van der Waals surface area (Å²) in [5, 5.41) is 12.1. The Kier molecular flexibility index (Phi) is 3.97. The summed E-state index contributed by atoms with van der Waals surface area (Å²) in [6.07, 6.45) is 1.39. The number of hydrogen-bond acceptors (Lipinski definition) is 2. The fourth-order valence-corrected chi connectivity index (χ4v) is 2.73. The van der Waals surface area contributed by atoms with Crippen LogP contribution in [0.25, 0.3) is 0 Å². The third kappa shape index (κ3) is 3.42. The van der Waals surface area contributed by atoms with Gasteiger partial charge in [-0.2, -0.15) is 0 Å². The fourth-order valence-electron chi connectivity index (χ4n) is 1.98. The fraction of sp³-hybridized carbons (Fsp3) is 0.333. The third-order valence-electron chi connectivity index (χ3n) is 2.92. The predicted molar refractivity (Wildman–Crippen MR) is 73.5 cm³/mol. The molecule has 2 heteroatoms. The van der Waals surface area contributed by atoms with Gasteiger partial charge >= 0.3 is 0 Å². The summed E-state index contributed by atoms with van der Waals surface area (Å²) in [6, 6.07) is 10.6. The Bertz CT molecular complexity index is 487. The van der Waals surface area contributed by atoms with Crippen molar-refractivity contribution >= 4 is 11.3 Å². The van der Waals surface area contributed by atoms with E-state index >= 15 is 0 Å². The summed E-state index contributed by atoms with van der Waals surface area (Å²) in [5.41, 5.74) is 3.64. The summed E-state index contributed by atoms with van der Waals surface area (Å²) in [5.74, 6) is 0. The molecule has 1 nitrogen and oxygen atoms in total. The minimum atomic E-state index is -0.333. The van der Waals surface area contributed by atoms with Crippen LogP contribution in [0.1, 0.15) is 34.1 Å². The van der Waals surface area contributed by atoms with E-state index in [1.54, 1.807) is 11.3 Å². The van der Waals surface area contributed by atoms with Crippen LogP contribution in [-0.2, 0) is 6.42 Å². The molecular formula is C15H18OS. The number of aryl methyl sites for hydroxylation is 3. The SMILES string of the molecule is Cc1cccc(CCC(O)c2csc(C)c2)c1. The third-order valence-corrected chi connectivity index (χ3v) is 3.80.